The van der Waals surface area contributed by atoms with Crippen LogP contribution in [0, 0.1) is 0 Å². The van der Waals surface area contributed by atoms with Crippen LogP contribution >= 0.6 is 35.0 Å². The first-order chi connectivity index (χ1) is 13.8. The Hall–Kier alpha value is -2.55. The number of hydrogen-bond acceptors (Lipinski definition) is 5. The van der Waals surface area contributed by atoms with Crippen LogP contribution in [0.15, 0.2) is 47.5 Å². The zero-order valence-corrected chi connectivity index (χ0v) is 17.4. The lowest BCUT2D eigenvalue weighted by molar-refractivity contribution is -0.121. The van der Waals surface area contributed by atoms with Crippen LogP contribution < -0.4 is 10.2 Å². The third kappa shape index (κ3) is 4.90. The summed E-state index contributed by atoms with van der Waals surface area (Å²) < 4.78 is 0. The molecule has 0 aliphatic carbocycles. The van der Waals surface area contributed by atoms with E-state index < -0.39 is 17.1 Å². The molecule has 0 radical (unpaired) electrons. The highest BCUT2D eigenvalue weighted by Crippen LogP contribution is 2.31. The summed E-state index contributed by atoms with van der Waals surface area (Å²) >= 11 is 13.1. The second-order valence-corrected chi connectivity index (χ2v) is 8.11. The number of nitrogens with one attached hydrogen (secondary N) is 1. The van der Waals surface area contributed by atoms with E-state index in [9.17, 15) is 14.4 Å². The van der Waals surface area contributed by atoms with Gasteiger partial charge in [0.2, 0.25) is 11.8 Å². The van der Waals surface area contributed by atoms with Crippen molar-refractivity contribution in [2.75, 3.05) is 17.3 Å². The molecule has 1 saturated heterocycles. The first kappa shape index (κ1) is 21.2. The molecule has 1 aliphatic rings. The Morgan fingerprint density at radius 1 is 1.17 bits per heavy atom. The maximum atomic E-state index is 12.8. The fourth-order valence-corrected chi connectivity index (χ4v) is 4.25. The van der Waals surface area contributed by atoms with Gasteiger partial charge in [-0.15, -0.1) is 0 Å². The number of carbonyl (C=O) groups excluding carboxylic acids is 2. The highest BCUT2D eigenvalue weighted by atomic mass is 35.5. The van der Waals surface area contributed by atoms with Gasteiger partial charge in [-0.05, 0) is 42.5 Å². The Morgan fingerprint density at radius 2 is 1.79 bits per heavy atom. The van der Waals surface area contributed by atoms with E-state index in [1.165, 1.54) is 24.3 Å². The highest BCUT2D eigenvalue weighted by molar-refractivity contribution is 8.15. The van der Waals surface area contributed by atoms with E-state index >= 15 is 0 Å². The molecule has 1 fully saturated rings. The number of aromatic carboxylic acids is 1. The molecule has 2 N–H and O–H groups in total. The zero-order chi connectivity index (χ0) is 21.1. The number of rotatable bonds is 4. The van der Waals surface area contributed by atoms with Crippen molar-refractivity contribution in [1.82, 2.24) is 0 Å². The number of anilines is 2. The predicted molar refractivity (Wildman–Crippen MR) is 115 cm³/mol. The van der Waals surface area contributed by atoms with E-state index in [4.69, 9.17) is 28.3 Å². The number of nitrogens with zero attached hydrogens (tertiary/aromatic N) is 2. The molecule has 1 atom stereocenters. The number of thioether (sulfide) groups is 1. The van der Waals surface area contributed by atoms with Gasteiger partial charge in [0.25, 0.3) is 0 Å². The maximum Gasteiger partial charge on any atom is 0.335 e. The molecule has 0 unspecified atom stereocenters. The van der Waals surface area contributed by atoms with Crippen LogP contribution in [0.4, 0.5) is 11.4 Å². The molecular formula is C19H15Cl2N3O4S. The molecule has 0 bridgehead atoms. The first-order valence-corrected chi connectivity index (χ1v) is 9.98. The van der Waals surface area contributed by atoms with Gasteiger partial charge in [0, 0.05) is 29.2 Å². The van der Waals surface area contributed by atoms with E-state index in [0.717, 1.165) is 16.7 Å². The van der Waals surface area contributed by atoms with Gasteiger partial charge in [-0.3, -0.25) is 14.6 Å². The monoisotopic (exact) mass is 451 g/mol. The minimum absolute atomic E-state index is 0.00117. The number of carboxylic acids is 1. The number of halogens is 2. The standard InChI is InChI=1S/C19H15Cl2N3O4S/c1-22-19(23-13-7-11(20)6-12(21)8-13)29-15-9-16(25)24(17(15)26)14-4-2-10(3-5-14)18(27)28/h2-8,15H,9H2,1H3,(H,22,23)(H,27,28)/t15-/m1/s1. The number of imide groups is 1. The van der Waals surface area contributed by atoms with Crippen molar-refractivity contribution in [3.63, 3.8) is 0 Å². The first-order valence-electron chi connectivity index (χ1n) is 8.35. The summed E-state index contributed by atoms with van der Waals surface area (Å²) in [6, 6.07) is 10.5. The normalized spacial score (nSPS) is 17.0. The minimum atomic E-state index is -1.08. The number of amides is 2. The van der Waals surface area contributed by atoms with Gasteiger partial charge < -0.3 is 10.4 Å². The van der Waals surface area contributed by atoms with Crippen LogP contribution in [0.3, 0.4) is 0 Å². The summed E-state index contributed by atoms with van der Waals surface area (Å²) in [6.07, 6.45) is 0.00117. The Kier molecular flexibility index (Phi) is 6.46. The van der Waals surface area contributed by atoms with Crippen molar-refractivity contribution in [2.45, 2.75) is 11.7 Å². The zero-order valence-electron chi connectivity index (χ0n) is 15.1. The van der Waals surface area contributed by atoms with Crippen LogP contribution in [0.25, 0.3) is 0 Å². The Morgan fingerprint density at radius 3 is 2.34 bits per heavy atom. The van der Waals surface area contributed by atoms with Gasteiger partial charge in [-0.1, -0.05) is 35.0 Å². The third-order valence-corrected chi connectivity index (χ3v) is 5.65. The second kappa shape index (κ2) is 8.86. The van der Waals surface area contributed by atoms with Gasteiger partial charge >= 0.3 is 5.97 Å². The molecule has 2 aromatic carbocycles. The lowest BCUT2D eigenvalue weighted by atomic mass is 10.2. The fourth-order valence-electron chi connectivity index (χ4n) is 2.74. The van der Waals surface area contributed by atoms with Crippen molar-refractivity contribution in [3.8, 4) is 0 Å². The average molecular weight is 452 g/mol. The number of hydrogen-bond donors (Lipinski definition) is 2. The van der Waals surface area contributed by atoms with Gasteiger partial charge in [0.15, 0.2) is 5.17 Å². The molecule has 0 saturated carbocycles. The number of carbonyl (C=O) groups is 3. The Bertz CT molecular complexity index is 991. The molecule has 3 rings (SSSR count). The molecule has 0 aromatic heterocycles. The van der Waals surface area contributed by atoms with Crippen LogP contribution in [-0.4, -0.2) is 40.4 Å². The minimum Gasteiger partial charge on any atom is -0.478 e. The van der Waals surface area contributed by atoms with Gasteiger partial charge in [-0.2, -0.15) is 0 Å². The molecule has 7 nitrogen and oxygen atoms in total. The quantitative estimate of drug-likeness (QED) is 0.411. The lowest BCUT2D eigenvalue weighted by Gasteiger charge is -2.16. The summed E-state index contributed by atoms with van der Waals surface area (Å²) in [5, 5.41) is 12.7. The summed E-state index contributed by atoms with van der Waals surface area (Å²) in [5.74, 6) is -1.84. The van der Waals surface area contributed by atoms with E-state index in [0.29, 0.717) is 26.6 Å². The van der Waals surface area contributed by atoms with Crippen molar-refractivity contribution in [3.05, 3.63) is 58.1 Å². The van der Waals surface area contributed by atoms with E-state index in [1.54, 1.807) is 25.2 Å². The lowest BCUT2D eigenvalue weighted by Crippen LogP contribution is -2.31. The van der Waals surface area contributed by atoms with Crippen molar-refractivity contribution < 1.29 is 19.5 Å². The molecule has 1 aliphatic heterocycles. The van der Waals surface area contributed by atoms with Crippen LogP contribution in [-0.2, 0) is 9.59 Å². The van der Waals surface area contributed by atoms with E-state index in [1.807, 2.05) is 0 Å². The van der Waals surface area contributed by atoms with Crippen LogP contribution in [0.5, 0.6) is 0 Å². The van der Waals surface area contributed by atoms with Crippen molar-refractivity contribution >= 4 is 69.3 Å². The SMILES string of the molecule is CN=C(Nc1cc(Cl)cc(Cl)c1)S[C@@H]1CC(=O)N(c2ccc(C(=O)O)cc2)C1=O. The largest absolute Gasteiger partial charge is 0.478 e. The Labute approximate surface area is 180 Å². The Balaban J connectivity index is 1.73. The van der Waals surface area contributed by atoms with Crippen molar-refractivity contribution in [2.24, 2.45) is 4.99 Å². The third-order valence-electron chi connectivity index (χ3n) is 4.05. The second-order valence-electron chi connectivity index (χ2n) is 6.04. The number of amidine groups is 1. The number of aliphatic imine (C=N–C) groups is 1. The molecule has 10 heteroatoms. The molecule has 2 amide bonds. The number of benzene rings is 2. The van der Waals surface area contributed by atoms with Crippen LogP contribution in [0.1, 0.15) is 16.8 Å². The van der Waals surface area contributed by atoms with Crippen molar-refractivity contribution in [1.29, 1.82) is 0 Å². The smallest absolute Gasteiger partial charge is 0.335 e. The topological polar surface area (TPSA) is 99.1 Å². The van der Waals surface area contributed by atoms with Gasteiger partial charge in [-0.25, -0.2) is 9.69 Å². The maximum absolute atomic E-state index is 12.8. The summed E-state index contributed by atoms with van der Waals surface area (Å²) in [5.41, 5.74) is 1.01. The summed E-state index contributed by atoms with van der Waals surface area (Å²) in [6.45, 7) is 0. The summed E-state index contributed by atoms with van der Waals surface area (Å²) in [4.78, 5) is 41.4. The average Bonchev–Trinajstić information content (AvgIpc) is 2.93. The number of carboxylic acid groups (broad SMARTS) is 1. The molecule has 0 spiro atoms. The fraction of sp³-hybridized carbons (Fsp3) is 0.158. The van der Waals surface area contributed by atoms with Crippen LogP contribution in [0.2, 0.25) is 10.0 Å². The van der Waals surface area contributed by atoms with Gasteiger partial charge in [0.05, 0.1) is 11.3 Å². The van der Waals surface area contributed by atoms with Gasteiger partial charge in [0.1, 0.15) is 5.25 Å². The molecule has 150 valence electrons. The molecular weight excluding hydrogens is 437 g/mol. The predicted octanol–water partition coefficient (Wildman–Crippen LogP) is 4.15. The van der Waals surface area contributed by atoms with E-state index in [-0.39, 0.29) is 17.9 Å². The summed E-state index contributed by atoms with van der Waals surface area (Å²) in [7, 11) is 1.56. The molecule has 1 heterocycles. The molecule has 29 heavy (non-hydrogen) atoms. The molecule has 2 aromatic rings. The highest BCUT2D eigenvalue weighted by Gasteiger charge is 2.40. The van der Waals surface area contributed by atoms with E-state index in [2.05, 4.69) is 10.3 Å².